The van der Waals surface area contributed by atoms with E-state index >= 15 is 0 Å². The van der Waals surface area contributed by atoms with Gasteiger partial charge in [-0.25, -0.2) is 0 Å². The molecule has 0 unspecified atom stereocenters. The van der Waals surface area contributed by atoms with Gasteiger partial charge in [-0.2, -0.15) is 0 Å². The average molecular weight is 771 g/mol. The summed E-state index contributed by atoms with van der Waals surface area (Å²) in [5.41, 5.74) is 2.03. The molecule has 3 aromatic rings. The molecule has 15 nitrogen and oxygen atoms in total. The van der Waals surface area contributed by atoms with E-state index in [1.54, 1.807) is 66.7 Å². The topological polar surface area (TPSA) is 176 Å². The van der Waals surface area contributed by atoms with Crippen LogP contribution in [0.15, 0.2) is 66.7 Å². The van der Waals surface area contributed by atoms with Gasteiger partial charge in [0.15, 0.2) is 11.5 Å². The zero-order valence-corrected chi connectivity index (χ0v) is 33.0. The predicted molar refractivity (Wildman–Crippen MR) is 206 cm³/mol. The van der Waals surface area contributed by atoms with Crippen LogP contribution in [0.3, 0.4) is 0 Å². The molecule has 0 aromatic heterocycles. The van der Waals surface area contributed by atoms with Crippen molar-refractivity contribution >= 4 is 35.4 Å². The minimum absolute atomic E-state index is 0.0140. The molecule has 0 aliphatic carbocycles. The quantitative estimate of drug-likeness (QED) is 0.358. The summed E-state index contributed by atoms with van der Waals surface area (Å²) in [5.74, 6) is -1.63. The molecule has 6 atom stereocenters. The fourth-order valence-electron chi connectivity index (χ4n) is 6.83. The number of carbonyl (C=O) groups is 6. The van der Waals surface area contributed by atoms with Crippen molar-refractivity contribution in [2.24, 2.45) is 0 Å². The number of hydrogen-bond acceptors (Lipinski definition) is 9. The number of carbonyl (C=O) groups excluding carboxylic acids is 6. The standard InChI is InChI=1S/C41H50N6O9/c1-23-36(48)43-24(2)40(52)47(6)33-21-28-13-18-34(55-8)35(22-28)56-30-16-11-27(12-17-30)20-32(46(5)41(33)53)38(50)44-25(3)39(51)45(4)31(37(49)42-23)19-26-9-14-29(54-7)15-10-26/h9-18,22-25,31-33H,19-21H2,1-8H3,(H,42,49)(H,43,48)(H,44,50)/t23-,24+,25-,31-,32-,33-/m1/s1. The molecule has 56 heavy (non-hydrogen) atoms. The molecule has 6 rings (SSSR count). The zero-order valence-electron chi connectivity index (χ0n) is 33.0. The lowest BCUT2D eigenvalue weighted by atomic mass is 9.98. The lowest BCUT2D eigenvalue weighted by Crippen LogP contribution is -2.61. The van der Waals surface area contributed by atoms with Gasteiger partial charge in [-0.05, 0) is 73.9 Å². The van der Waals surface area contributed by atoms with Crippen molar-refractivity contribution in [1.29, 1.82) is 0 Å². The van der Waals surface area contributed by atoms with E-state index in [9.17, 15) is 28.8 Å². The second-order valence-electron chi connectivity index (χ2n) is 14.3. The van der Waals surface area contributed by atoms with Gasteiger partial charge in [-0.3, -0.25) is 28.8 Å². The van der Waals surface area contributed by atoms with Crippen molar-refractivity contribution in [2.45, 2.75) is 76.3 Å². The van der Waals surface area contributed by atoms with E-state index in [1.165, 1.54) is 70.8 Å². The Bertz CT molecular complexity index is 1950. The molecule has 1 saturated heterocycles. The van der Waals surface area contributed by atoms with Gasteiger partial charge in [0.1, 0.15) is 47.8 Å². The highest BCUT2D eigenvalue weighted by molar-refractivity contribution is 5.98. The van der Waals surface area contributed by atoms with Crippen LogP contribution >= 0.6 is 0 Å². The second-order valence-corrected chi connectivity index (χ2v) is 14.3. The molecule has 3 heterocycles. The van der Waals surface area contributed by atoms with Gasteiger partial charge in [0.25, 0.3) is 0 Å². The van der Waals surface area contributed by atoms with Crippen molar-refractivity contribution < 1.29 is 43.0 Å². The smallest absolute Gasteiger partial charge is 0.246 e. The van der Waals surface area contributed by atoms with E-state index in [2.05, 4.69) is 16.0 Å². The summed E-state index contributed by atoms with van der Waals surface area (Å²) >= 11 is 0. The van der Waals surface area contributed by atoms with Gasteiger partial charge in [0, 0.05) is 40.4 Å². The molecule has 0 spiro atoms. The third kappa shape index (κ3) is 9.21. The molecular weight excluding hydrogens is 720 g/mol. The Morgan fingerprint density at radius 3 is 1.79 bits per heavy atom. The molecule has 6 bridgehead atoms. The maximum Gasteiger partial charge on any atom is 0.246 e. The summed E-state index contributed by atoms with van der Waals surface area (Å²) in [5, 5.41) is 8.14. The largest absolute Gasteiger partial charge is 0.497 e. The third-order valence-electron chi connectivity index (χ3n) is 10.4. The highest BCUT2D eigenvalue weighted by Gasteiger charge is 2.39. The van der Waals surface area contributed by atoms with Crippen molar-refractivity contribution in [3.05, 3.63) is 83.4 Å². The Morgan fingerprint density at radius 1 is 0.607 bits per heavy atom. The number of amides is 6. The van der Waals surface area contributed by atoms with Crippen LogP contribution in [-0.4, -0.2) is 122 Å². The van der Waals surface area contributed by atoms with Crippen molar-refractivity contribution in [3.63, 3.8) is 0 Å². The molecule has 3 aliphatic heterocycles. The summed E-state index contributed by atoms with van der Waals surface area (Å²) in [6.07, 6.45) is 0.139. The van der Waals surface area contributed by atoms with Gasteiger partial charge < -0.3 is 44.9 Å². The lowest BCUT2D eigenvalue weighted by Gasteiger charge is -2.36. The number of likely N-dealkylation sites (N-methyl/N-ethyl adjacent to an activating group) is 3. The van der Waals surface area contributed by atoms with Crippen LogP contribution in [0.4, 0.5) is 0 Å². The number of fused-ring (bicyclic) bond motifs is 2. The number of benzene rings is 3. The van der Waals surface area contributed by atoms with E-state index in [0.29, 0.717) is 39.7 Å². The van der Waals surface area contributed by atoms with Crippen LogP contribution in [0, 0.1) is 0 Å². The van der Waals surface area contributed by atoms with Gasteiger partial charge in [0.05, 0.1) is 14.2 Å². The first kappa shape index (κ1) is 41.1. The van der Waals surface area contributed by atoms with Crippen LogP contribution in [0.1, 0.15) is 37.5 Å². The van der Waals surface area contributed by atoms with Gasteiger partial charge in [-0.1, -0.05) is 30.3 Å². The lowest BCUT2D eigenvalue weighted by molar-refractivity contribution is -0.149. The minimum Gasteiger partial charge on any atom is -0.497 e. The molecular formula is C41H50N6O9. The summed E-state index contributed by atoms with van der Waals surface area (Å²) in [6, 6.07) is 12.5. The van der Waals surface area contributed by atoms with Gasteiger partial charge in [-0.15, -0.1) is 0 Å². The van der Waals surface area contributed by atoms with Crippen LogP contribution in [0.5, 0.6) is 23.0 Å². The fourth-order valence-corrected chi connectivity index (χ4v) is 6.83. The van der Waals surface area contributed by atoms with Crippen molar-refractivity contribution in [3.8, 4) is 23.0 Å². The summed E-state index contributed by atoms with van der Waals surface area (Å²) in [7, 11) is 7.45. The monoisotopic (exact) mass is 770 g/mol. The number of methoxy groups -OCH3 is 2. The maximum absolute atomic E-state index is 14.7. The minimum atomic E-state index is -1.15. The van der Waals surface area contributed by atoms with Gasteiger partial charge >= 0.3 is 0 Å². The molecule has 3 aliphatic rings. The van der Waals surface area contributed by atoms with Crippen molar-refractivity contribution in [2.75, 3.05) is 35.4 Å². The van der Waals surface area contributed by atoms with Crippen LogP contribution in [0.2, 0.25) is 0 Å². The zero-order chi connectivity index (χ0) is 40.8. The summed E-state index contributed by atoms with van der Waals surface area (Å²) in [6.45, 7) is 4.46. The summed E-state index contributed by atoms with van der Waals surface area (Å²) in [4.78, 5) is 88.2. The molecule has 3 aromatic carbocycles. The highest BCUT2D eigenvalue weighted by atomic mass is 16.5. The maximum atomic E-state index is 14.7. The van der Waals surface area contributed by atoms with E-state index < -0.39 is 71.7 Å². The van der Waals surface area contributed by atoms with Crippen LogP contribution in [0.25, 0.3) is 0 Å². The first-order valence-electron chi connectivity index (χ1n) is 18.4. The first-order valence-corrected chi connectivity index (χ1v) is 18.4. The number of ether oxygens (including phenoxy) is 3. The van der Waals surface area contributed by atoms with Crippen LogP contribution in [-0.2, 0) is 48.0 Å². The Balaban J connectivity index is 1.58. The molecule has 298 valence electrons. The van der Waals surface area contributed by atoms with E-state index in [4.69, 9.17) is 14.2 Å². The number of hydrogen-bond donors (Lipinski definition) is 3. The molecule has 6 amide bonds. The highest BCUT2D eigenvalue weighted by Crippen LogP contribution is 2.34. The molecule has 0 saturated carbocycles. The van der Waals surface area contributed by atoms with Gasteiger partial charge in [0.2, 0.25) is 35.4 Å². The van der Waals surface area contributed by atoms with E-state index in [-0.39, 0.29) is 19.3 Å². The normalized spacial score (nSPS) is 24.3. The Kier molecular flexibility index (Phi) is 12.9. The van der Waals surface area contributed by atoms with Crippen molar-refractivity contribution in [1.82, 2.24) is 30.7 Å². The number of nitrogens with zero attached hydrogens (tertiary/aromatic N) is 3. The molecule has 15 heteroatoms. The SMILES string of the molecule is COc1ccc(C[C@@H]2C(=O)N[C@H](C)C(=O)N[C@@H](C)C(=O)N(C)[C@@H]3Cc4ccc(OC)c(c4)Oc4ccc(cc4)C[C@H](C(=O)N[C@H](C)C(=O)N2C)N(C)C3=O)cc1. The Morgan fingerprint density at radius 2 is 1.16 bits per heavy atom. The van der Waals surface area contributed by atoms with E-state index in [1.807, 2.05) is 0 Å². The molecule has 0 radical (unpaired) electrons. The number of rotatable bonds is 4. The van der Waals surface area contributed by atoms with Crippen LogP contribution < -0.4 is 30.2 Å². The molecule has 1 fully saturated rings. The predicted octanol–water partition coefficient (Wildman–Crippen LogP) is 1.85. The average Bonchev–Trinajstić information content (AvgIpc) is 3.19. The Hall–Kier alpha value is -6.12. The molecule has 3 N–H and O–H groups in total. The fraction of sp³-hybridized carbons (Fsp3) is 0.415. The van der Waals surface area contributed by atoms with E-state index in [0.717, 1.165) is 0 Å². The third-order valence-corrected chi connectivity index (χ3v) is 10.4. The summed E-state index contributed by atoms with van der Waals surface area (Å²) < 4.78 is 17.0. The Labute approximate surface area is 326 Å². The number of nitrogens with one attached hydrogen (secondary N) is 3. The first-order chi connectivity index (χ1) is 26.6. The second kappa shape index (κ2) is 17.6.